The number of rotatable bonds is 9. The monoisotopic (exact) mass is 277 g/mol. The molecule has 2 atom stereocenters. The molecule has 0 spiro atoms. The largest absolute Gasteiger partial charge is 0.306 e. The van der Waals surface area contributed by atoms with Crippen LogP contribution in [0.3, 0.4) is 0 Å². The highest BCUT2D eigenvalue weighted by Gasteiger charge is 2.45. The first-order chi connectivity index (χ1) is 9.70. The maximum Gasteiger partial charge on any atom is 0.109 e. The number of hydrogen-bond donors (Lipinski definition) is 1. The van der Waals surface area contributed by atoms with Crippen LogP contribution in [0.4, 0.5) is 0 Å². The standard InChI is InChI=1S/C17H31N3/c1-3-4-5-12-20(2)13-10-15-7-6-11-17(15,14-18)19-16-8-9-16/h15-16,19H,3-13H2,1-2H3. The first kappa shape index (κ1) is 15.8. The molecule has 114 valence electrons. The second-order valence-corrected chi connectivity index (χ2v) is 6.89. The third-order valence-corrected chi connectivity index (χ3v) is 5.06. The number of unbranched alkanes of at least 4 members (excludes halogenated alkanes) is 2. The van der Waals surface area contributed by atoms with Crippen molar-refractivity contribution >= 4 is 0 Å². The quantitative estimate of drug-likeness (QED) is 0.657. The lowest BCUT2D eigenvalue weighted by atomic mass is 9.85. The first-order valence-corrected chi connectivity index (χ1v) is 8.57. The van der Waals surface area contributed by atoms with Gasteiger partial charge in [-0.1, -0.05) is 26.2 Å². The lowest BCUT2D eigenvalue weighted by molar-refractivity contribution is 0.245. The molecular formula is C17H31N3. The van der Waals surface area contributed by atoms with Gasteiger partial charge in [0.15, 0.2) is 0 Å². The third-order valence-electron chi connectivity index (χ3n) is 5.06. The Morgan fingerprint density at radius 3 is 2.70 bits per heavy atom. The van der Waals surface area contributed by atoms with Crippen LogP contribution in [0.2, 0.25) is 0 Å². The van der Waals surface area contributed by atoms with Crippen molar-refractivity contribution in [1.82, 2.24) is 10.2 Å². The van der Waals surface area contributed by atoms with Gasteiger partial charge in [0, 0.05) is 6.04 Å². The topological polar surface area (TPSA) is 39.1 Å². The molecule has 0 aromatic heterocycles. The van der Waals surface area contributed by atoms with Crippen LogP contribution < -0.4 is 5.32 Å². The van der Waals surface area contributed by atoms with E-state index in [4.69, 9.17) is 0 Å². The predicted molar refractivity (Wildman–Crippen MR) is 83.5 cm³/mol. The molecule has 0 saturated heterocycles. The van der Waals surface area contributed by atoms with Crippen LogP contribution in [0, 0.1) is 17.2 Å². The zero-order valence-corrected chi connectivity index (χ0v) is 13.3. The van der Waals surface area contributed by atoms with Gasteiger partial charge in [-0.15, -0.1) is 0 Å². The van der Waals surface area contributed by atoms with E-state index < -0.39 is 0 Å². The maximum absolute atomic E-state index is 9.68. The van der Waals surface area contributed by atoms with Gasteiger partial charge in [-0.3, -0.25) is 5.32 Å². The van der Waals surface area contributed by atoms with Gasteiger partial charge in [-0.25, -0.2) is 0 Å². The van der Waals surface area contributed by atoms with Crippen LogP contribution in [-0.2, 0) is 0 Å². The van der Waals surface area contributed by atoms with Crippen molar-refractivity contribution in [2.24, 2.45) is 5.92 Å². The molecule has 0 radical (unpaired) electrons. The second kappa shape index (κ2) is 7.43. The van der Waals surface area contributed by atoms with E-state index in [1.54, 1.807) is 0 Å². The van der Waals surface area contributed by atoms with Crippen molar-refractivity contribution in [3.8, 4) is 6.07 Å². The fourth-order valence-corrected chi connectivity index (χ4v) is 3.55. The van der Waals surface area contributed by atoms with E-state index >= 15 is 0 Å². The first-order valence-electron chi connectivity index (χ1n) is 8.57. The van der Waals surface area contributed by atoms with E-state index in [-0.39, 0.29) is 5.54 Å². The summed E-state index contributed by atoms with van der Waals surface area (Å²) < 4.78 is 0. The number of nitrogens with one attached hydrogen (secondary N) is 1. The zero-order chi connectivity index (χ0) is 14.4. The van der Waals surface area contributed by atoms with Gasteiger partial charge in [-0.2, -0.15) is 5.26 Å². The molecule has 3 nitrogen and oxygen atoms in total. The predicted octanol–water partition coefficient (Wildman–Crippen LogP) is 3.31. The minimum Gasteiger partial charge on any atom is -0.306 e. The third kappa shape index (κ3) is 4.20. The molecular weight excluding hydrogens is 246 g/mol. The number of nitriles is 1. The molecule has 2 unspecified atom stereocenters. The van der Waals surface area contributed by atoms with Crippen LogP contribution in [0.5, 0.6) is 0 Å². The summed E-state index contributed by atoms with van der Waals surface area (Å²) in [6.45, 7) is 4.60. The molecule has 2 aliphatic rings. The van der Waals surface area contributed by atoms with E-state index in [0.29, 0.717) is 12.0 Å². The summed E-state index contributed by atoms with van der Waals surface area (Å²) in [5.41, 5.74) is -0.203. The van der Waals surface area contributed by atoms with E-state index in [0.717, 1.165) is 13.0 Å². The second-order valence-electron chi connectivity index (χ2n) is 6.89. The average Bonchev–Trinajstić information content (AvgIpc) is 3.16. The molecule has 0 heterocycles. The van der Waals surface area contributed by atoms with Gasteiger partial charge >= 0.3 is 0 Å². The fourth-order valence-electron chi connectivity index (χ4n) is 3.55. The smallest absolute Gasteiger partial charge is 0.109 e. The summed E-state index contributed by atoms with van der Waals surface area (Å²) in [5.74, 6) is 0.557. The van der Waals surface area contributed by atoms with Gasteiger partial charge in [0.1, 0.15) is 5.54 Å². The molecule has 20 heavy (non-hydrogen) atoms. The Bertz CT molecular complexity index is 332. The molecule has 0 aromatic carbocycles. The lowest BCUT2D eigenvalue weighted by Gasteiger charge is -2.31. The lowest BCUT2D eigenvalue weighted by Crippen LogP contribution is -2.48. The normalized spacial score (nSPS) is 29.8. The summed E-state index contributed by atoms with van der Waals surface area (Å²) in [6.07, 6.45) is 11.2. The maximum atomic E-state index is 9.68. The van der Waals surface area contributed by atoms with Crippen molar-refractivity contribution < 1.29 is 0 Å². The molecule has 2 rings (SSSR count). The Kier molecular flexibility index (Phi) is 5.86. The van der Waals surface area contributed by atoms with Crippen LogP contribution in [-0.4, -0.2) is 36.6 Å². The van der Waals surface area contributed by atoms with Gasteiger partial charge in [-0.05, 0) is 64.6 Å². The highest BCUT2D eigenvalue weighted by molar-refractivity contribution is 5.16. The highest BCUT2D eigenvalue weighted by Crippen LogP contribution is 2.40. The molecule has 0 amide bonds. The molecule has 2 aliphatic carbocycles. The Labute approximate surface area is 124 Å². The van der Waals surface area contributed by atoms with Crippen LogP contribution in [0.15, 0.2) is 0 Å². The minimum absolute atomic E-state index is 0.203. The molecule has 0 aliphatic heterocycles. The average molecular weight is 277 g/mol. The minimum atomic E-state index is -0.203. The zero-order valence-electron chi connectivity index (χ0n) is 13.3. The van der Waals surface area contributed by atoms with E-state index in [1.165, 1.54) is 57.9 Å². The van der Waals surface area contributed by atoms with E-state index in [9.17, 15) is 5.26 Å². The van der Waals surface area contributed by atoms with Gasteiger partial charge in [0.25, 0.3) is 0 Å². The number of nitrogens with zero attached hydrogens (tertiary/aromatic N) is 2. The Morgan fingerprint density at radius 2 is 2.05 bits per heavy atom. The summed E-state index contributed by atoms with van der Waals surface area (Å²) >= 11 is 0. The SMILES string of the molecule is CCCCCN(C)CCC1CCCC1(C#N)NC1CC1. The van der Waals surface area contributed by atoms with Crippen molar-refractivity contribution in [1.29, 1.82) is 5.26 Å². The van der Waals surface area contributed by atoms with Crippen LogP contribution in [0.1, 0.15) is 64.7 Å². The summed E-state index contributed by atoms with van der Waals surface area (Å²) in [6, 6.07) is 3.28. The van der Waals surface area contributed by atoms with Crippen LogP contribution in [0.25, 0.3) is 0 Å². The molecule has 0 aromatic rings. The molecule has 2 saturated carbocycles. The number of hydrogen-bond acceptors (Lipinski definition) is 3. The Hall–Kier alpha value is -0.590. The van der Waals surface area contributed by atoms with Crippen molar-refractivity contribution in [2.75, 3.05) is 20.1 Å². The summed E-state index contributed by atoms with van der Waals surface area (Å²) in [4.78, 5) is 2.45. The molecule has 1 N–H and O–H groups in total. The molecule has 0 bridgehead atoms. The van der Waals surface area contributed by atoms with Crippen molar-refractivity contribution in [3.63, 3.8) is 0 Å². The van der Waals surface area contributed by atoms with Gasteiger partial charge < -0.3 is 4.90 Å². The molecule has 2 fully saturated rings. The van der Waals surface area contributed by atoms with Crippen LogP contribution >= 0.6 is 0 Å². The van der Waals surface area contributed by atoms with Gasteiger partial charge in [0.05, 0.1) is 6.07 Å². The molecule has 3 heteroatoms. The van der Waals surface area contributed by atoms with Crippen molar-refractivity contribution in [2.45, 2.75) is 76.3 Å². The van der Waals surface area contributed by atoms with E-state index in [1.807, 2.05) is 0 Å². The Morgan fingerprint density at radius 1 is 1.25 bits per heavy atom. The Balaban J connectivity index is 1.76. The fraction of sp³-hybridized carbons (Fsp3) is 0.941. The van der Waals surface area contributed by atoms with Gasteiger partial charge in [0.2, 0.25) is 0 Å². The summed E-state index contributed by atoms with van der Waals surface area (Å²) in [5, 5.41) is 13.3. The summed E-state index contributed by atoms with van der Waals surface area (Å²) in [7, 11) is 2.23. The highest BCUT2D eigenvalue weighted by atomic mass is 15.1. The van der Waals surface area contributed by atoms with Crippen molar-refractivity contribution in [3.05, 3.63) is 0 Å². The van der Waals surface area contributed by atoms with E-state index in [2.05, 4.69) is 30.3 Å².